The molecule has 0 radical (unpaired) electrons. The number of benzene rings is 3. The van der Waals surface area contributed by atoms with Gasteiger partial charge >= 0.3 is 5.91 Å². The fourth-order valence-electron chi connectivity index (χ4n) is 3.23. The lowest BCUT2D eigenvalue weighted by molar-refractivity contribution is -0.118. The summed E-state index contributed by atoms with van der Waals surface area (Å²) in [5, 5.41) is 7.61. The quantitative estimate of drug-likeness (QED) is 0.299. The summed E-state index contributed by atoms with van der Waals surface area (Å²) in [5.74, 6) is 0.0841. The van der Waals surface area contributed by atoms with Crippen LogP contribution < -0.4 is 20.2 Å². The van der Waals surface area contributed by atoms with Crippen LogP contribution in [0.3, 0.4) is 0 Å². The van der Waals surface area contributed by atoms with Gasteiger partial charge in [0.2, 0.25) is 0 Å². The number of aryl methyl sites for hydroxylation is 1. The van der Waals surface area contributed by atoms with Gasteiger partial charge in [0.1, 0.15) is 5.58 Å². The average Bonchev–Trinajstić information content (AvgIpc) is 3.29. The van der Waals surface area contributed by atoms with Crippen molar-refractivity contribution in [3.63, 3.8) is 0 Å². The first kappa shape index (κ1) is 22.6. The minimum atomic E-state index is -0.490. The highest BCUT2D eigenvalue weighted by molar-refractivity contribution is 5.97. The molecule has 0 aliphatic rings. The first-order chi connectivity index (χ1) is 16.5. The van der Waals surface area contributed by atoms with Crippen LogP contribution in [0, 0.1) is 6.92 Å². The molecule has 0 aliphatic carbocycles. The molecule has 2 amide bonds. The van der Waals surface area contributed by atoms with E-state index in [4.69, 9.17) is 13.9 Å². The Hall–Kier alpha value is -4.59. The number of hydrogen-bond donors (Lipinski definition) is 2. The van der Waals surface area contributed by atoms with Crippen molar-refractivity contribution in [3.8, 4) is 11.5 Å². The molecular weight excluding hydrogens is 434 g/mol. The number of anilines is 1. The third-order valence-electron chi connectivity index (χ3n) is 4.93. The molecule has 172 valence electrons. The number of methoxy groups -OCH3 is 1. The first-order valence-corrected chi connectivity index (χ1v) is 10.5. The maximum Gasteiger partial charge on any atom is 0.307 e. The molecule has 34 heavy (non-hydrogen) atoms. The van der Waals surface area contributed by atoms with Gasteiger partial charge in [0.05, 0.1) is 13.3 Å². The number of carbonyl (C=O) groups excluding carboxylic acids is 2. The monoisotopic (exact) mass is 457 g/mol. The van der Waals surface area contributed by atoms with Gasteiger partial charge in [0, 0.05) is 16.6 Å². The van der Waals surface area contributed by atoms with Crippen molar-refractivity contribution in [3.05, 3.63) is 89.7 Å². The molecule has 0 saturated carbocycles. The van der Waals surface area contributed by atoms with E-state index in [9.17, 15) is 9.59 Å². The van der Waals surface area contributed by atoms with Crippen LogP contribution in [-0.4, -0.2) is 31.7 Å². The Morgan fingerprint density at radius 3 is 2.59 bits per heavy atom. The van der Waals surface area contributed by atoms with E-state index in [0.29, 0.717) is 28.3 Å². The summed E-state index contributed by atoms with van der Waals surface area (Å²) < 4.78 is 16.6. The average molecular weight is 457 g/mol. The predicted molar refractivity (Wildman–Crippen MR) is 130 cm³/mol. The third kappa shape index (κ3) is 5.42. The summed E-state index contributed by atoms with van der Waals surface area (Å²) in [4.78, 5) is 24.7. The summed E-state index contributed by atoms with van der Waals surface area (Å²) in [7, 11) is 1.50. The van der Waals surface area contributed by atoms with Crippen LogP contribution in [0.15, 0.2) is 82.3 Å². The highest BCUT2D eigenvalue weighted by Gasteiger charge is 2.14. The number of nitrogens with zero attached hydrogens (tertiary/aromatic N) is 1. The number of amides is 2. The number of hydrazone groups is 1. The van der Waals surface area contributed by atoms with Crippen LogP contribution in [0.5, 0.6) is 11.5 Å². The molecule has 0 aliphatic heterocycles. The third-order valence-corrected chi connectivity index (χ3v) is 4.93. The second kappa shape index (κ2) is 10.4. The molecule has 8 heteroatoms. The van der Waals surface area contributed by atoms with Crippen molar-refractivity contribution >= 4 is 34.7 Å². The molecular formula is C26H23N3O5. The highest BCUT2D eigenvalue weighted by Crippen LogP contribution is 2.30. The number of carbonyl (C=O) groups is 2. The summed E-state index contributed by atoms with van der Waals surface area (Å²) in [5.41, 5.74) is 5.34. The highest BCUT2D eigenvalue weighted by atomic mass is 16.5. The molecule has 8 nitrogen and oxygen atoms in total. The van der Waals surface area contributed by atoms with E-state index >= 15 is 0 Å². The Kier molecular flexibility index (Phi) is 6.88. The van der Waals surface area contributed by atoms with Crippen LogP contribution in [0.25, 0.3) is 11.0 Å². The van der Waals surface area contributed by atoms with Crippen molar-refractivity contribution < 1.29 is 23.5 Å². The molecule has 0 spiro atoms. The maximum absolute atomic E-state index is 12.4. The zero-order valence-electron chi connectivity index (χ0n) is 18.7. The zero-order valence-corrected chi connectivity index (χ0v) is 18.7. The van der Waals surface area contributed by atoms with Crippen LogP contribution in [0.4, 0.5) is 5.69 Å². The number of nitrogens with one attached hydrogen (secondary N) is 2. The Morgan fingerprint density at radius 1 is 1.03 bits per heavy atom. The summed E-state index contributed by atoms with van der Waals surface area (Å²) in [6.07, 6.45) is 1.41. The van der Waals surface area contributed by atoms with Gasteiger partial charge in [-0.15, -0.1) is 0 Å². The molecule has 0 fully saturated rings. The minimum Gasteiger partial charge on any atom is -0.493 e. The van der Waals surface area contributed by atoms with E-state index in [0.717, 1.165) is 10.9 Å². The standard InChI is InChI=1S/C26H23N3O5/c1-17-10-12-20(13-11-17)28-24(30)16-33-25-19(7-5-9-22(25)32-2)15-27-29-26(31)23-14-18-6-3-4-8-21(18)34-23/h3-15H,16H2,1-2H3,(H,28,30)(H,29,31)/b27-15+. The van der Waals surface area contributed by atoms with Crippen LogP contribution in [0.2, 0.25) is 0 Å². The number of para-hydroxylation sites is 2. The Bertz CT molecular complexity index is 1310. The smallest absolute Gasteiger partial charge is 0.307 e. The summed E-state index contributed by atoms with van der Waals surface area (Å²) in [6.45, 7) is 1.74. The minimum absolute atomic E-state index is 0.147. The molecule has 0 atom stereocenters. The Labute approximate surface area is 196 Å². The largest absolute Gasteiger partial charge is 0.493 e. The van der Waals surface area contributed by atoms with E-state index in [-0.39, 0.29) is 18.3 Å². The molecule has 0 bridgehead atoms. The van der Waals surface area contributed by atoms with Crippen LogP contribution in [-0.2, 0) is 4.79 Å². The second-order valence-electron chi connectivity index (χ2n) is 7.43. The molecule has 1 aromatic heterocycles. The van der Waals surface area contributed by atoms with Crippen molar-refractivity contribution in [1.29, 1.82) is 0 Å². The van der Waals surface area contributed by atoms with Crippen LogP contribution in [0.1, 0.15) is 21.7 Å². The van der Waals surface area contributed by atoms with E-state index < -0.39 is 5.91 Å². The number of ether oxygens (including phenoxy) is 2. The normalized spacial score (nSPS) is 10.9. The van der Waals surface area contributed by atoms with Crippen molar-refractivity contribution in [2.45, 2.75) is 6.92 Å². The zero-order chi connectivity index (χ0) is 23.9. The van der Waals surface area contributed by atoms with Gasteiger partial charge < -0.3 is 19.2 Å². The molecule has 3 aromatic carbocycles. The fraction of sp³-hybridized carbons (Fsp3) is 0.115. The van der Waals surface area contributed by atoms with Gasteiger partial charge in [-0.05, 0) is 43.3 Å². The number of furan rings is 1. The van der Waals surface area contributed by atoms with Gasteiger partial charge in [-0.25, -0.2) is 5.43 Å². The van der Waals surface area contributed by atoms with Gasteiger partial charge in [0.25, 0.3) is 5.91 Å². The number of hydrogen-bond acceptors (Lipinski definition) is 6. The lowest BCUT2D eigenvalue weighted by atomic mass is 10.2. The van der Waals surface area contributed by atoms with Gasteiger partial charge in [-0.1, -0.05) is 42.0 Å². The number of rotatable bonds is 8. The first-order valence-electron chi connectivity index (χ1n) is 10.5. The molecule has 2 N–H and O–H groups in total. The molecule has 1 heterocycles. The Morgan fingerprint density at radius 2 is 1.82 bits per heavy atom. The van der Waals surface area contributed by atoms with Crippen molar-refractivity contribution in [2.75, 3.05) is 19.0 Å². The molecule has 0 unspecified atom stereocenters. The fourth-order valence-corrected chi connectivity index (χ4v) is 3.23. The van der Waals surface area contributed by atoms with Crippen molar-refractivity contribution in [2.24, 2.45) is 5.10 Å². The van der Waals surface area contributed by atoms with Gasteiger partial charge in [-0.2, -0.15) is 5.10 Å². The topological polar surface area (TPSA) is 102 Å². The van der Waals surface area contributed by atoms with Crippen LogP contribution >= 0.6 is 0 Å². The molecule has 4 aromatic rings. The summed E-state index contributed by atoms with van der Waals surface area (Å²) >= 11 is 0. The van der Waals surface area contributed by atoms with Gasteiger partial charge in [-0.3, -0.25) is 9.59 Å². The van der Waals surface area contributed by atoms with E-state index in [1.54, 1.807) is 30.3 Å². The SMILES string of the molecule is COc1cccc(/C=N/NC(=O)c2cc3ccccc3o2)c1OCC(=O)Nc1ccc(C)cc1. The number of fused-ring (bicyclic) bond motifs is 1. The lowest BCUT2D eigenvalue weighted by Gasteiger charge is -2.13. The maximum atomic E-state index is 12.4. The lowest BCUT2D eigenvalue weighted by Crippen LogP contribution is -2.21. The van der Waals surface area contributed by atoms with Crippen molar-refractivity contribution in [1.82, 2.24) is 5.43 Å². The molecule has 4 rings (SSSR count). The predicted octanol–water partition coefficient (Wildman–Crippen LogP) is 4.53. The van der Waals surface area contributed by atoms with E-state index in [1.165, 1.54) is 13.3 Å². The van der Waals surface area contributed by atoms with E-state index in [1.807, 2.05) is 49.4 Å². The second-order valence-corrected chi connectivity index (χ2v) is 7.43. The van der Waals surface area contributed by atoms with E-state index in [2.05, 4.69) is 15.8 Å². The summed E-state index contributed by atoms with van der Waals surface area (Å²) in [6, 6.07) is 21.6. The van der Waals surface area contributed by atoms with Gasteiger partial charge in [0.15, 0.2) is 23.9 Å². The molecule has 0 saturated heterocycles. The Balaban J connectivity index is 1.42.